The van der Waals surface area contributed by atoms with Crippen LogP contribution in [0.25, 0.3) is 0 Å². The van der Waals surface area contributed by atoms with Gasteiger partial charge in [0, 0.05) is 20.7 Å². The number of hydrogen-bond acceptors (Lipinski definition) is 2. The van der Waals surface area contributed by atoms with E-state index in [9.17, 15) is 4.79 Å². The number of halogens is 4. The second kappa shape index (κ2) is 5.69. The molecule has 1 unspecified atom stereocenters. The Bertz CT molecular complexity index is 728. The average Bonchev–Trinajstić information content (AvgIpc) is 2.69. The van der Waals surface area contributed by atoms with Crippen LogP contribution < -0.4 is 10.6 Å². The number of carbonyl (C=O) groups is 1. The Hall–Kier alpha value is -0.940. The molecule has 2 N–H and O–H groups in total. The Morgan fingerprint density at radius 2 is 1.76 bits per heavy atom. The zero-order valence-corrected chi connectivity index (χ0v) is 14.2. The number of amides is 1. The predicted octanol–water partition coefficient (Wildman–Crippen LogP) is 5.51. The first-order valence-electron chi connectivity index (χ1n) is 5.97. The summed E-state index contributed by atoms with van der Waals surface area (Å²) in [6.07, 6.45) is 0. The Labute approximate surface area is 144 Å². The maximum absolute atomic E-state index is 12.1. The third kappa shape index (κ3) is 2.86. The van der Waals surface area contributed by atoms with Crippen molar-refractivity contribution in [3.8, 4) is 0 Å². The van der Waals surface area contributed by atoms with Gasteiger partial charge in [-0.3, -0.25) is 4.79 Å². The number of anilines is 2. The van der Waals surface area contributed by atoms with Crippen LogP contribution in [0.4, 0.5) is 11.4 Å². The molecular weight excluding hydrogens is 398 g/mol. The van der Waals surface area contributed by atoms with Gasteiger partial charge in [0.25, 0.3) is 5.91 Å². The lowest BCUT2D eigenvalue weighted by atomic mass is 10.1. The van der Waals surface area contributed by atoms with Gasteiger partial charge in [0.1, 0.15) is 6.04 Å². The summed E-state index contributed by atoms with van der Waals surface area (Å²) < 4.78 is 0.887. The maximum atomic E-state index is 12.1. The minimum atomic E-state index is -0.561. The Balaban J connectivity index is 2.00. The quantitative estimate of drug-likeness (QED) is 0.690. The van der Waals surface area contributed by atoms with Crippen LogP contribution >= 0.6 is 50.7 Å². The Morgan fingerprint density at radius 3 is 2.43 bits per heavy atom. The van der Waals surface area contributed by atoms with E-state index in [1.54, 1.807) is 12.1 Å². The molecule has 0 fully saturated rings. The standard InChI is InChI=1S/C14H8BrCl3N2O/c15-6-1-2-11-8(3-6)12(14(21)19-11)20-13-9(17)4-7(16)5-10(13)18/h1-5,12,20H,(H,19,21). The number of rotatable bonds is 2. The molecule has 0 saturated carbocycles. The van der Waals surface area contributed by atoms with E-state index >= 15 is 0 Å². The number of fused-ring (bicyclic) bond motifs is 1. The third-order valence-corrected chi connectivity index (χ3v) is 4.45. The highest BCUT2D eigenvalue weighted by Gasteiger charge is 2.31. The molecule has 0 aliphatic carbocycles. The van der Waals surface area contributed by atoms with Gasteiger partial charge in [-0.05, 0) is 30.3 Å². The summed E-state index contributed by atoms with van der Waals surface area (Å²) in [6, 6.07) is 8.17. The highest BCUT2D eigenvalue weighted by molar-refractivity contribution is 9.10. The molecule has 3 rings (SSSR count). The van der Waals surface area contributed by atoms with Gasteiger partial charge in [-0.25, -0.2) is 0 Å². The molecule has 1 atom stereocenters. The fraction of sp³-hybridized carbons (Fsp3) is 0.0714. The summed E-state index contributed by atoms with van der Waals surface area (Å²) in [6.45, 7) is 0. The van der Waals surface area contributed by atoms with Crippen molar-refractivity contribution in [1.29, 1.82) is 0 Å². The van der Waals surface area contributed by atoms with E-state index in [1.165, 1.54) is 0 Å². The summed E-state index contributed by atoms with van der Waals surface area (Å²) in [5, 5.41) is 7.06. The van der Waals surface area contributed by atoms with Crippen molar-refractivity contribution in [2.45, 2.75) is 6.04 Å². The van der Waals surface area contributed by atoms with E-state index in [4.69, 9.17) is 34.8 Å². The Morgan fingerprint density at radius 1 is 1.10 bits per heavy atom. The average molecular weight is 406 g/mol. The number of hydrogen-bond donors (Lipinski definition) is 2. The summed E-state index contributed by atoms with van der Waals surface area (Å²) in [5.74, 6) is -0.162. The van der Waals surface area contributed by atoms with Crippen molar-refractivity contribution in [3.05, 3.63) is 55.4 Å². The maximum Gasteiger partial charge on any atom is 0.251 e. The highest BCUT2D eigenvalue weighted by atomic mass is 79.9. The zero-order valence-electron chi connectivity index (χ0n) is 10.4. The smallest absolute Gasteiger partial charge is 0.251 e. The van der Waals surface area contributed by atoms with Gasteiger partial charge in [0.15, 0.2) is 0 Å². The van der Waals surface area contributed by atoms with Crippen molar-refractivity contribution in [2.24, 2.45) is 0 Å². The first-order chi connectivity index (χ1) is 9.95. The van der Waals surface area contributed by atoms with Crippen LogP contribution in [0.1, 0.15) is 11.6 Å². The van der Waals surface area contributed by atoms with Crippen molar-refractivity contribution >= 4 is 68.0 Å². The van der Waals surface area contributed by atoms with Gasteiger partial charge in [-0.15, -0.1) is 0 Å². The van der Waals surface area contributed by atoms with Crippen LogP contribution in [0.15, 0.2) is 34.8 Å². The van der Waals surface area contributed by atoms with Gasteiger partial charge >= 0.3 is 0 Å². The molecule has 108 valence electrons. The van der Waals surface area contributed by atoms with E-state index in [1.807, 2.05) is 18.2 Å². The van der Waals surface area contributed by atoms with E-state index in [0.29, 0.717) is 20.8 Å². The third-order valence-electron chi connectivity index (χ3n) is 3.14. The zero-order chi connectivity index (χ0) is 15.1. The molecule has 0 radical (unpaired) electrons. The lowest BCUT2D eigenvalue weighted by molar-refractivity contribution is -0.116. The lowest BCUT2D eigenvalue weighted by Gasteiger charge is -2.16. The number of nitrogens with one attached hydrogen (secondary N) is 2. The molecular formula is C14H8BrCl3N2O. The van der Waals surface area contributed by atoms with Gasteiger partial charge in [0.2, 0.25) is 0 Å². The molecule has 3 nitrogen and oxygen atoms in total. The largest absolute Gasteiger partial charge is 0.368 e. The molecule has 7 heteroatoms. The SMILES string of the molecule is O=C1Nc2ccc(Br)cc2C1Nc1c(Cl)cc(Cl)cc1Cl. The fourth-order valence-electron chi connectivity index (χ4n) is 2.20. The molecule has 1 aliphatic rings. The minimum Gasteiger partial charge on any atom is -0.368 e. The van der Waals surface area contributed by atoms with Crippen LogP contribution in [-0.4, -0.2) is 5.91 Å². The van der Waals surface area contributed by atoms with E-state index in [-0.39, 0.29) is 5.91 Å². The fourth-order valence-corrected chi connectivity index (χ4v) is 3.50. The van der Waals surface area contributed by atoms with E-state index < -0.39 is 6.04 Å². The van der Waals surface area contributed by atoms with Crippen molar-refractivity contribution in [3.63, 3.8) is 0 Å². The molecule has 1 heterocycles. The van der Waals surface area contributed by atoms with Gasteiger partial charge in [0.05, 0.1) is 15.7 Å². The second-order valence-electron chi connectivity index (χ2n) is 4.54. The molecule has 0 bridgehead atoms. The Kier molecular flexibility index (Phi) is 4.06. The normalized spacial score (nSPS) is 16.6. The molecule has 0 aromatic heterocycles. The lowest BCUT2D eigenvalue weighted by Crippen LogP contribution is -2.20. The second-order valence-corrected chi connectivity index (χ2v) is 6.71. The van der Waals surface area contributed by atoms with Gasteiger partial charge in [-0.1, -0.05) is 50.7 Å². The summed E-state index contributed by atoms with van der Waals surface area (Å²) >= 11 is 21.6. The van der Waals surface area contributed by atoms with Crippen LogP contribution in [-0.2, 0) is 4.79 Å². The highest BCUT2D eigenvalue weighted by Crippen LogP contribution is 2.40. The number of carbonyl (C=O) groups excluding carboxylic acids is 1. The van der Waals surface area contributed by atoms with Gasteiger partial charge in [-0.2, -0.15) is 0 Å². The molecule has 0 saturated heterocycles. The summed E-state index contributed by atoms with van der Waals surface area (Å²) in [7, 11) is 0. The van der Waals surface area contributed by atoms with Crippen molar-refractivity contribution in [1.82, 2.24) is 0 Å². The summed E-state index contributed by atoms with van der Waals surface area (Å²) in [4.78, 5) is 12.1. The molecule has 1 amide bonds. The summed E-state index contributed by atoms with van der Waals surface area (Å²) in [5.41, 5.74) is 2.08. The van der Waals surface area contributed by atoms with Crippen LogP contribution in [0.2, 0.25) is 15.1 Å². The van der Waals surface area contributed by atoms with Gasteiger partial charge < -0.3 is 10.6 Å². The minimum absolute atomic E-state index is 0.162. The van der Waals surface area contributed by atoms with Crippen molar-refractivity contribution < 1.29 is 4.79 Å². The molecule has 1 aliphatic heterocycles. The van der Waals surface area contributed by atoms with Crippen LogP contribution in [0, 0.1) is 0 Å². The first kappa shape index (κ1) is 15.0. The monoisotopic (exact) mass is 404 g/mol. The van der Waals surface area contributed by atoms with E-state index in [0.717, 1.165) is 15.7 Å². The van der Waals surface area contributed by atoms with Crippen LogP contribution in [0.3, 0.4) is 0 Å². The first-order valence-corrected chi connectivity index (χ1v) is 7.90. The predicted molar refractivity (Wildman–Crippen MR) is 90.6 cm³/mol. The molecule has 2 aromatic carbocycles. The topological polar surface area (TPSA) is 41.1 Å². The van der Waals surface area contributed by atoms with Crippen LogP contribution in [0.5, 0.6) is 0 Å². The number of benzene rings is 2. The molecule has 0 spiro atoms. The molecule has 2 aromatic rings. The van der Waals surface area contributed by atoms with E-state index in [2.05, 4.69) is 26.6 Å². The van der Waals surface area contributed by atoms with Crippen molar-refractivity contribution in [2.75, 3.05) is 10.6 Å². The molecule has 21 heavy (non-hydrogen) atoms.